The summed E-state index contributed by atoms with van der Waals surface area (Å²) < 4.78 is 5.36. The summed E-state index contributed by atoms with van der Waals surface area (Å²) in [6.45, 7) is 4.28. The molecule has 5 nitrogen and oxygen atoms in total. The summed E-state index contributed by atoms with van der Waals surface area (Å²) in [5.41, 5.74) is 0. The Hall–Kier alpha value is -1.46. The number of nitrogens with one attached hydrogen (secondary N) is 1. The van der Waals surface area contributed by atoms with E-state index in [4.69, 9.17) is 27.9 Å². The molecule has 1 saturated heterocycles. The van der Waals surface area contributed by atoms with Crippen molar-refractivity contribution in [3.05, 3.63) is 28.2 Å². The highest BCUT2D eigenvalue weighted by Crippen LogP contribution is 2.27. The Labute approximate surface area is 139 Å². The van der Waals surface area contributed by atoms with Crippen molar-refractivity contribution in [1.29, 1.82) is 0 Å². The molecule has 1 aromatic carbocycles. The summed E-state index contributed by atoms with van der Waals surface area (Å²) in [7, 11) is 0. The lowest BCUT2D eigenvalue weighted by Gasteiger charge is -2.21. The first-order chi connectivity index (χ1) is 10.4. The van der Waals surface area contributed by atoms with Crippen molar-refractivity contribution >= 4 is 35.0 Å². The number of halogens is 2. The van der Waals surface area contributed by atoms with Crippen LogP contribution in [-0.4, -0.2) is 41.9 Å². The number of carbonyl (C=O) groups is 2. The van der Waals surface area contributed by atoms with Crippen LogP contribution >= 0.6 is 23.2 Å². The molecule has 7 heteroatoms. The maximum Gasteiger partial charge on any atom is 0.258 e. The molecule has 120 valence electrons. The Balaban J connectivity index is 1.83. The second-order valence-corrected chi connectivity index (χ2v) is 6.32. The Kier molecular flexibility index (Phi) is 5.53. The van der Waals surface area contributed by atoms with E-state index in [-0.39, 0.29) is 30.5 Å². The van der Waals surface area contributed by atoms with Gasteiger partial charge in [0.2, 0.25) is 5.91 Å². The van der Waals surface area contributed by atoms with E-state index >= 15 is 0 Å². The van der Waals surface area contributed by atoms with Gasteiger partial charge < -0.3 is 15.0 Å². The highest BCUT2D eigenvalue weighted by Gasteiger charge is 2.31. The molecular weight excluding hydrogens is 327 g/mol. The van der Waals surface area contributed by atoms with Gasteiger partial charge >= 0.3 is 0 Å². The van der Waals surface area contributed by atoms with Crippen molar-refractivity contribution < 1.29 is 14.3 Å². The number of carbonyl (C=O) groups excluding carboxylic acids is 2. The maximum atomic E-state index is 11.9. The van der Waals surface area contributed by atoms with Crippen molar-refractivity contribution in [3.8, 4) is 5.75 Å². The predicted molar refractivity (Wildman–Crippen MR) is 85.4 cm³/mol. The minimum absolute atomic E-state index is 0.0574. The van der Waals surface area contributed by atoms with Gasteiger partial charge in [0.15, 0.2) is 6.61 Å². The molecule has 0 aromatic heterocycles. The number of ether oxygens (including phenoxy) is 1. The molecule has 0 aliphatic carbocycles. The fraction of sp³-hybridized carbons (Fsp3) is 0.467. The zero-order chi connectivity index (χ0) is 16.3. The highest BCUT2D eigenvalue weighted by atomic mass is 35.5. The predicted octanol–water partition coefficient (Wildman–Crippen LogP) is 2.50. The Morgan fingerprint density at radius 3 is 2.77 bits per heavy atom. The zero-order valence-electron chi connectivity index (χ0n) is 12.4. The van der Waals surface area contributed by atoms with E-state index in [1.54, 1.807) is 23.1 Å². The molecule has 1 unspecified atom stereocenters. The van der Waals surface area contributed by atoms with Crippen LogP contribution in [0.25, 0.3) is 0 Å². The summed E-state index contributed by atoms with van der Waals surface area (Å²) in [5, 5.41) is 3.65. The van der Waals surface area contributed by atoms with Gasteiger partial charge in [0, 0.05) is 24.0 Å². The van der Waals surface area contributed by atoms with Gasteiger partial charge in [-0.2, -0.15) is 0 Å². The first kappa shape index (κ1) is 16.9. The SMILES string of the molecule is CC(C)N1CC(NC(=O)COc2ccc(Cl)cc2Cl)CC1=O. The number of hydrogen-bond acceptors (Lipinski definition) is 3. The summed E-state index contributed by atoms with van der Waals surface area (Å²) >= 11 is 11.8. The van der Waals surface area contributed by atoms with Crippen molar-refractivity contribution in [2.75, 3.05) is 13.2 Å². The van der Waals surface area contributed by atoms with Crippen molar-refractivity contribution in [1.82, 2.24) is 10.2 Å². The molecule has 1 aliphatic rings. The molecule has 0 saturated carbocycles. The fourth-order valence-corrected chi connectivity index (χ4v) is 2.80. The van der Waals surface area contributed by atoms with E-state index in [9.17, 15) is 9.59 Å². The third kappa shape index (κ3) is 4.27. The molecule has 0 bridgehead atoms. The standard InChI is InChI=1S/C15H18Cl2N2O3/c1-9(2)19-7-11(6-15(19)21)18-14(20)8-22-13-4-3-10(16)5-12(13)17/h3-5,9,11H,6-8H2,1-2H3,(H,18,20). The molecule has 2 amide bonds. The molecule has 1 aliphatic heterocycles. The van der Waals surface area contributed by atoms with Gasteiger partial charge in [0.25, 0.3) is 5.91 Å². The zero-order valence-corrected chi connectivity index (χ0v) is 13.9. The lowest BCUT2D eigenvalue weighted by Crippen LogP contribution is -2.40. The average molecular weight is 345 g/mol. The highest BCUT2D eigenvalue weighted by molar-refractivity contribution is 6.35. The van der Waals surface area contributed by atoms with Crippen LogP contribution in [0.4, 0.5) is 0 Å². The van der Waals surface area contributed by atoms with E-state index in [2.05, 4.69) is 5.32 Å². The molecular formula is C15H18Cl2N2O3. The third-order valence-corrected chi connectivity index (χ3v) is 3.93. The summed E-state index contributed by atoms with van der Waals surface area (Å²) in [4.78, 5) is 25.4. The largest absolute Gasteiger partial charge is 0.482 e. The van der Waals surface area contributed by atoms with Gasteiger partial charge in [0.1, 0.15) is 5.75 Å². The van der Waals surface area contributed by atoms with Gasteiger partial charge in [-0.25, -0.2) is 0 Å². The lowest BCUT2D eigenvalue weighted by molar-refractivity contribution is -0.129. The Morgan fingerprint density at radius 1 is 1.45 bits per heavy atom. The molecule has 1 aromatic rings. The quantitative estimate of drug-likeness (QED) is 0.892. The lowest BCUT2D eigenvalue weighted by atomic mass is 10.2. The van der Waals surface area contributed by atoms with Gasteiger partial charge in [-0.1, -0.05) is 23.2 Å². The number of likely N-dealkylation sites (tertiary alicyclic amines) is 1. The maximum absolute atomic E-state index is 11.9. The number of rotatable bonds is 5. The van der Waals surface area contributed by atoms with E-state index in [0.29, 0.717) is 28.8 Å². The first-order valence-corrected chi connectivity index (χ1v) is 7.79. The second-order valence-electron chi connectivity index (χ2n) is 5.47. The van der Waals surface area contributed by atoms with Crippen LogP contribution in [0.2, 0.25) is 10.0 Å². The van der Waals surface area contributed by atoms with Gasteiger partial charge in [0.05, 0.1) is 11.1 Å². The van der Waals surface area contributed by atoms with Crippen LogP contribution in [0, 0.1) is 0 Å². The Bertz CT molecular complexity index is 578. The van der Waals surface area contributed by atoms with Crippen LogP contribution < -0.4 is 10.1 Å². The minimum atomic E-state index is -0.283. The van der Waals surface area contributed by atoms with Gasteiger partial charge in [-0.3, -0.25) is 9.59 Å². The van der Waals surface area contributed by atoms with Crippen LogP contribution in [0.15, 0.2) is 18.2 Å². The molecule has 2 rings (SSSR count). The number of amides is 2. The molecule has 1 N–H and O–H groups in total. The van der Waals surface area contributed by atoms with Crippen molar-refractivity contribution in [2.45, 2.75) is 32.4 Å². The van der Waals surface area contributed by atoms with E-state index in [1.807, 2.05) is 13.8 Å². The summed E-state index contributed by atoms with van der Waals surface area (Å²) in [6, 6.07) is 4.76. The first-order valence-electron chi connectivity index (χ1n) is 7.03. The van der Waals surface area contributed by atoms with E-state index < -0.39 is 0 Å². The smallest absolute Gasteiger partial charge is 0.258 e. The molecule has 1 fully saturated rings. The van der Waals surface area contributed by atoms with Crippen LogP contribution in [0.5, 0.6) is 5.75 Å². The molecule has 22 heavy (non-hydrogen) atoms. The van der Waals surface area contributed by atoms with Crippen LogP contribution in [0.3, 0.4) is 0 Å². The fourth-order valence-electron chi connectivity index (χ4n) is 2.33. The third-order valence-electron chi connectivity index (χ3n) is 3.40. The Morgan fingerprint density at radius 2 is 2.18 bits per heavy atom. The molecule has 1 atom stereocenters. The molecule has 1 heterocycles. The second kappa shape index (κ2) is 7.20. The normalized spacial score (nSPS) is 18.0. The van der Waals surface area contributed by atoms with Gasteiger partial charge in [-0.05, 0) is 32.0 Å². The monoisotopic (exact) mass is 344 g/mol. The van der Waals surface area contributed by atoms with Crippen LogP contribution in [0.1, 0.15) is 20.3 Å². The van der Waals surface area contributed by atoms with Crippen LogP contribution in [-0.2, 0) is 9.59 Å². The van der Waals surface area contributed by atoms with Gasteiger partial charge in [-0.15, -0.1) is 0 Å². The summed E-state index contributed by atoms with van der Waals surface area (Å²) in [5.74, 6) is 0.170. The number of benzene rings is 1. The summed E-state index contributed by atoms with van der Waals surface area (Å²) in [6.07, 6.45) is 0.325. The number of nitrogens with zero attached hydrogens (tertiary/aromatic N) is 1. The molecule has 0 spiro atoms. The van der Waals surface area contributed by atoms with Crippen molar-refractivity contribution in [2.24, 2.45) is 0 Å². The average Bonchev–Trinajstić information content (AvgIpc) is 2.78. The van der Waals surface area contributed by atoms with E-state index in [0.717, 1.165) is 0 Å². The molecule has 0 radical (unpaired) electrons. The van der Waals surface area contributed by atoms with E-state index in [1.165, 1.54) is 0 Å². The topological polar surface area (TPSA) is 58.6 Å². The minimum Gasteiger partial charge on any atom is -0.482 e. The number of hydrogen-bond donors (Lipinski definition) is 1. The van der Waals surface area contributed by atoms with Crippen molar-refractivity contribution in [3.63, 3.8) is 0 Å².